The van der Waals surface area contributed by atoms with Gasteiger partial charge in [-0.1, -0.05) is 23.2 Å². The van der Waals surface area contributed by atoms with E-state index in [1.807, 2.05) is 37.3 Å². The number of nitrogens with zero attached hydrogens (tertiary/aromatic N) is 5. The van der Waals surface area contributed by atoms with Gasteiger partial charge in [0.2, 0.25) is 5.88 Å². The second-order valence-electron chi connectivity index (χ2n) is 11.2. The molecule has 1 aromatic carbocycles. The Bertz CT molecular complexity index is 1340. The van der Waals surface area contributed by atoms with Crippen LogP contribution in [-0.4, -0.2) is 84.7 Å². The molecule has 0 aliphatic carbocycles. The summed E-state index contributed by atoms with van der Waals surface area (Å²) in [4.78, 5) is 28.2. The van der Waals surface area contributed by atoms with E-state index < -0.39 is 0 Å². The Morgan fingerprint density at radius 1 is 0.977 bits per heavy atom. The van der Waals surface area contributed by atoms with Crippen molar-refractivity contribution in [1.29, 1.82) is 0 Å². The van der Waals surface area contributed by atoms with Crippen molar-refractivity contribution in [3.8, 4) is 22.9 Å². The highest BCUT2D eigenvalue weighted by Crippen LogP contribution is 2.31. The molecule has 2 N–H and O–H groups in total. The number of anilines is 1. The predicted molar refractivity (Wildman–Crippen MR) is 171 cm³/mol. The van der Waals surface area contributed by atoms with E-state index in [2.05, 4.69) is 25.8 Å². The summed E-state index contributed by atoms with van der Waals surface area (Å²) < 4.78 is 11.3. The Balaban J connectivity index is 1.26. The van der Waals surface area contributed by atoms with Gasteiger partial charge in [0.25, 0.3) is 0 Å². The smallest absolute Gasteiger partial charge is 0.307 e. The largest absolute Gasteiger partial charge is 0.466 e. The minimum Gasteiger partial charge on any atom is -0.466 e. The number of halogens is 2. The first kappa shape index (κ1) is 31.5. The first-order chi connectivity index (χ1) is 20.9. The second kappa shape index (κ2) is 15.2. The van der Waals surface area contributed by atoms with Crippen molar-refractivity contribution in [2.75, 3.05) is 63.9 Å². The van der Waals surface area contributed by atoms with Crippen molar-refractivity contribution in [2.45, 2.75) is 32.7 Å². The maximum Gasteiger partial charge on any atom is 0.307 e. The summed E-state index contributed by atoms with van der Waals surface area (Å²) in [5.74, 6) is 2.46. The third-order valence-electron chi connectivity index (χ3n) is 8.04. The summed E-state index contributed by atoms with van der Waals surface area (Å²) >= 11 is 12.6. The van der Waals surface area contributed by atoms with Crippen LogP contribution in [0.3, 0.4) is 0 Å². The summed E-state index contributed by atoms with van der Waals surface area (Å²) in [7, 11) is 0. The summed E-state index contributed by atoms with van der Waals surface area (Å²) in [5, 5.41) is 1.11. The van der Waals surface area contributed by atoms with E-state index in [9.17, 15) is 4.79 Å². The van der Waals surface area contributed by atoms with Crippen molar-refractivity contribution in [2.24, 2.45) is 11.7 Å². The highest BCUT2D eigenvalue weighted by atomic mass is 35.5. The topological polar surface area (TPSA) is 97.1 Å². The molecule has 0 atom stereocenters. The molecule has 0 unspecified atom stereocenters. The Morgan fingerprint density at radius 2 is 1.72 bits per heavy atom. The molecule has 0 amide bonds. The number of hydrogen-bond acceptors (Lipinski definition) is 9. The summed E-state index contributed by atoms with van der Waals surface area (Å²) in [6.45, 7) is 9.97. The normalized spacial score (nSPS) is 16.8. The number of likely N-dealkylation sites (tertiary alicyclic amines) is 1. The number of carbonyl (C=O) groups excluding carboxylic acids is 1. The first-order valence-corrected chi connectivity index (χ1v) is 15.8. The van der Waals surface area contributed by atoms with Gasteiger partial charge in [-0.25, -0.2) is 9.97 Å². The van der Waals surface area contributed by atoms with Gasteiger partial charge in [0.15, 0.2) is 0 Å². The average Bonchev–Trinajstić information content (AvgIpc) is 3.01. The van der Waals surface area contributed by atoms with Gasteiger partial charge >= 0.3 is 5.97 Å². The number of aromatic nitrogens is 2. The number of ether oxygens (including phenoxy) is 2. The van der Waals surface area contributed by atoms with Crippen LogP contribution in [-0.2, 0) is 16.1 Å². The predicted octanol–water partition coefficient (Wildman–Crippen LogP) is 5.49. The molecule has 0 spiro atoms. The van der Waals surface area contributed by atoms with E-state index in [4.69, 9.17) is 43.4 Å². The maximum atomic E-state index is 11.7. The molecule has 2 aliphatic rings. The lowest BCUT2D eigenvalue weighted by molar-refractivity contribution is -0.143. The third kappa shape index (κ3) is 9.03. The molecule has 2 aliphatic heterocycles. The van der Waals surface area contributed by atoms with Crippen LogP contribution in [0.5, 0.6) is 11.6 Å². The molecule has 230 valence electrons. The summed E-state index contributed by atoms with van der Waals surface area (Å²) in [6, 6.07) is 13.4. The number of benzene rings is 1. The van der Waals surface area contributed by atoms with Gasteiger partial charge in [-0.05, 0) is 87.3 Å². The number of carbonyl (C=O) groups is 1. The Hall–Kier alpha value is -2.95. The number of piperidine rings is 1. The van der Waals surface area contributed by atoms with Crippen LogP contribution in [0.25, 0.3) is 11.3 Å². The molecule has 0 radical (unpaired) electrons. The Morgan fingerprint density at radius 3 is 2.37 bits per heavy atom. The molecule has 9 nitrogen and oxygen atoms in total. The molecule has 0 bridgehead atoms. The fourth-order valence-electron chi connectivity index (χ4n) is 5.61. The molecule has 4 heterocycles. The molecule has 3 aromatic rings. The van der Waals surface area contributed by atoms with E-state index in [0.717, 1.165) is 87.8 Å². The number of nitrogens with two attached hydrogens (primary N) is 1. The van der Waals surface area contributed by atoms with E-state index >= 15 is 0 Å². The standard InChI is InChI=1S/C32H40Cl2N6O3/c1-2-42-32(41)7-10-38-11-13-40(14-12-38)30-4-3-28(21-36-30)43-31-16-24(22-39-8-5-23(20-35)6-9-39)15-29(37-31)25-17-26(33)19-27(34)18-25/h3-4,15-19,21,23H,2,5-14,20,22,35H2,1H3. The number of pyridine rings is 2. The van der Waals surface area contributed by atoms with E-state index in [-0.39, 0.29) is 5.97 Å². The minimum atomic E-state index is -0.141. The number of hydrogen-bond donors (Lipinski definition) is 1. The molecule has 11 heteroatoms. The molecule has 2 aromatic heterocycles. The van der Waals surface area contributed by atoms with Crippen LogP contribution < -0.4 is 15.4 Å². The van der Waals surface area contributed by atoms with E-state index in [0.29, 0.717) is 47.2 Å². The maximum absolute atomic E-state index is 11.7. The average molecular weight is 628 g/mol. The zero-order valence-electron chi connectivity index (χ0n) is 24.7. The molecular formula is C32H40Cl2N6O3. The van der Waals surface area contributed by atoms with Gasteiger partial charge in [0.05, 0.1) is 24.9 Å². The fraction of sp³-hybridized carbons (Fsp3) is 0.469. The monoisotopic (exact) mass is 626 g/mol. The fourth-order valence-corrected chi connectivity index (χ4v) is 6.14. The molecule has 43 heavy (non-hydrogen) atoms. The molecule has 2 fully saturated rings. The van der Waals surface area contributed by atoms with Crippen LogP contribution in [0, 0.1) is 5.92 Å². The van der Waals surface area contributed by atoms with Crippen molar-refractivity contribution in [3.05, 3.63) is 64.3 Å². The zero-order valence-corrected chi connectivity index (χ0v) is 26.2. The van der Waals surface area contributed by atoms with Crippen LogP contribution >= 0.6 is 23.2 Å². The van der Waals surface area contributed by atoms with Gasteiger partial charge in [0, 0.05) is 60.9 Å². The quantitative estimate of drug-likeness (QED) is 0.277. The molecule has 5 rings (SSSR count). The molecule has 0 saturated carbocycles. The lowest BCUT2D eigenvalue weighted by Gasteiger charge is -2.35. The van der Waals surface area contributed by atoms with Crippen molar-refractivity contribution < 1.29 is 14.3 Å². The minimum absolute atomic E-state index is 0.141. The number of rotatable bonds is 11. The van der Waals surface area contributed by atoms with Crippen molar-refractivity contribution in [3.63, 3.8) is 0 Å². The highest BCUT2D eigenvalue weighted by molar-refractivity contribution is 6.35. The molecular weight excluding hydrogens is 587 g/mol. The van der Waals surface area contributed by atoms with Gasteiger partial charge < -0.3 is 20.1 Å². The number of esters is 1. The van der Waals surface area contributed by atoms with Gasteiger partial charge in [-0.2, -0.15) is 0 Å². The Labute approximate surface area is 263 Å². The van der Waals surface area contributed by atoms with Crippen LogP contribution in [0.1, 0.15) is 31.7 Å². The lowest BCUT2D eigenvalue weighted by atomic mass is 9.97. The van der Waals surface area contributed by atoms with Crippen LogP contribution in [0.2, 0.25) is 10.0 Å². The molecule has 2 saturated heterocycles. The Kier molecular flexibility index (Phi) is 11.1. The van der Waals surface area contributed by atoms with Gasteiger partial charge in [-0.15, -0.1) is 0 Å². The van der Waals surface area contributed by atoms with Crippen LogP contribution in [0.15, 0.2) is 48.7 Å². The SMILES string of the molecule is CCOC(=O)CCN1CCN(c2ccc(Oc3cc(CN4CCC(CN)CC4)cc(-c4cc(Cl)cc(Cl)c4)n3)cn2)CC1. The third-order valence-corrected chi connectivity index (χ3v) is 8.48. The highest BCUT2D eigenvalue weighted by Gasteiger charge is 2.21. The lowest BCUT2D eigenvalue weighted by Crippen LogP contribution is -2.47. The van der Waals surface area contributed by atoms with E-state index in [1.54, 1.807) is 12.3 Å². The zero-order chi connectivity index (χ0) is 30.2. The van der Waals surface area contributed by atoms with E-state index in [1.165, 1.54) is 0 Å². The number of piperazine rings is 1. The first-order valence-electron chi connectivity index (χ1n) is 15.0. The van der Waals surface area contributed by atoms with Gasteiger partial charge in [-0.3, -0.25) is 14.6 Å². The van der Waals surface area contributed by atoms with Gasteiger partial charge in [0.1, 0.15) is 11.6 Å². The van der Waals surface area contributed by atoms with Crippen LogP contribution in [0.4, 0.5) is 5.82 Å². The summed E-state index contributed by atoms with van der Waals surface area (Å²) in [5.41, 5.74) is 8.59. The van der Waals surface area contributed by atoms with Crippen molar-refractivity contribution >= 4 is 35.0 Å². The summed E-state index contributed by atoms with van der Waals surface area (Å²) in [6.07, 6.45) is 4.39. The van der Waals surface area contributed by atoms with Crippen molar-refractivity contribution in [1.82, 2.24) is 19.8 Å². The second-order valence-corrected chi connectivity index (χ2v) is 12.0.